The number of fused-ring (bicyclic) bond motifs is 1. The highest BCUT2D eigenvalue weighted by Gasteiger charge is 2.26. The Morgan fingerprint density at radius 3 is 2.76 bits per heavy atom. The maximum Gasteiger partial charge on any atom is 0.275 e. The minimum Gasteiger partial charge on any atom is -0.379 e. The number of thiazole rings is 1. The van der Waals surface area contributed by atoms with Crippen molar-refractivity contribution in [3.63, 3.8) is 0 Å². The zero-order valence-corrected chi connectivity index (χ0v) is 19.4. The van der Waals surface area contributed by atoms with Gasteiger partial charge in [0.25, 0.3) is 5.91 Å². The summed E-state index contributed by atoms with van der Waals surface area (Å²) < 4.78 is 32.9. The van der Waals surface area contributed by atoms with Crippen molar-refractivity contribution < 1.29 is 17.9 Å². The van der Waals surface area contributed by atoms with Crippen LogP contribution in [-0.2, 0) is 14.8 Å². The molecule has 1 aliphatic rings. The number of aromatic amines is 1. The molecule has 0 unspecified atom stereocenters. The third-order valence-corrected chi connectivity index (χ3v) is 8.10. The van der Waals surface area contributed by atoms with Crippen LogP contribution in [0, 0.1) is 6.92 Å². The van der Waals surface area contributed by atoms with Crippen molar-refractivity contribution in [1.82, 2.24) is 19.5 Å². The molecular weight excluding hydrogens is 462 g/mol. The first-order valence-electron chi connectivity index (χ1n) is 10.3. The lowest BCUT2D eigenvalue weighted by molar-refractivity contribution is 0.0730. The predicted octanol–water partition coefficient (Wildman–Crippen LogP) is 3.27. The number of ether oxygens (including phenoxy) is 1. The average Bonchev–Trinajstić information content (AvgIpc) is 3.49. The number of amides is 1. The van der Waals surface area contributed by atoms with Crippen molar-refractivity contribution in [2.45, 2.75) is 11.8 Å². The van der Waals surface area contributed by atoms with Crippen molar-refractivity contribution in [2.75, 3.05) is 31.6 Å². The van der Waals surface area contributed by atoms with Crippen molar-refractivity contribution in [3.8, 4) is 11.1 Å². The van der Waals surface area contributed by atoms with Gasteiger partial charge in [0.15, 0.2) is 0 Å². The Labute approximate surface area is 194 Å². The summed E-state index contributed by atoms with van der Waals surface area (Å²) in [5, 5.41) is 13.2. The standard InChI is InChI=1S/C22H21N5O4S2/c1-14-24-21(13-32-14)22(28)25-19-10-16(11-20-18(19)12-23-26-20)15-3-2-4-17(9-15)33(29,30)27-5-7-31-8-6-27/h2-4,9-13H,5-8H2,1H3,(H,23,26)(H,25,28). The largest absolute Gasteiger partial charge is 0.379 e. The van der Waals surface area contributed by atoms with E-state index in [2.05, 4.69) is 20.5 Å². The summed E-state index contributed by atoms with van der Waals surface area (Å²) in [6.45, 7) is 3.28. The molecule has 4 aromatic rings. The fraction of sp³-hybridized carbons (Fsp3) is 0.227. The number of carbonyl (C=O) groups excluding carboxylic acids is 1. The number of nitrogens with zero attached hydrogens (tertiary/aromatic N) is 3. The highest BCUT2D eigenvalue weighted by molar-refractivity contribution is 7.89. The van der Waals surface area contributed by atoms with E-state index in [1.807, 2.05) is 25.1 Å². The van der Waals surface area contributed by atoms with Gasteiger partial charge < -0.3 is 10.1 Å². The number of carbonyl (C=O) groups is 1. The number of morpholine rings is 1. The van der Waals surface area contributed by atoms with E-state index in [9.17, 15) is 13.2 Å². The Morgan fingerprint density at radius 1 is 1.18 bits per heavy atom. The van der Waals surface area contributed by atoms with Gasteiger partial charge in [-0.3, -0.25) is 9.89 Å². The second-order valence-corrected chi connectivity index (χ2v) is 10.6. The van der Waals surface area contributed by atoms with Crippen LogP contribution in [0.2, 0.25) is 0 Å². The lowest BCUT2D eigenvalue weighted by atomic mass is 10.0. The molecule has 0 saturated carbocycles. The van der Waals surface area contributed by atoms with Crippen LogP contribution >= 0.6 is 11.3 Å². The van der Waals surface area contributed by atoms with E-state index in [4.69, 9.17) is 4.74 Å². The van der Waals surface area contributed by atoms with Crippen molar-refractivity contribution >= 4 is 43.9 Å². The fourth-order valence-electron chi connectivity index (χ4n) is 3.75. The maximum atomic E-state index is 13.1. The van der Waals surface area contributed by atoms with Crippen LogP contribution in [0.1, 0.15) is 15.5 Å². The van der Waals surface area contributed by atoms with Crippen molar-refractivity contribution in [3.05, 3.63) is 58.7 Å². The molecule has 5 rings (SSSR count). The molecule has 1 aliphatic heterocycles. The molecule has 1 saturated heterocycles. The van der Waals surface area contributed by atoms with Crippen LogP contribution in [-0.4, -0.2) is 60.1 Å². The monoisotopic (exact) mass is 483 g/mol. The molecule has 170 valence electrons. The molecule has 0 atom stereocenters. The van der Waals surface area contributed by atoms with Gasteiger partial charge in [0.05, 0.1) is 40.5 Å². The fourth-order valence-corrected chi connectivity index (χ4v) is 5.79. The first-order chi connectivity index (χ1) is 15.9. The number of sulfonamides is 1. The Hall–Kier alpha value is -3.12. The van der Waals surface area contributed by atoms with Crippen LogP contribution in [0.4, 0.5) is 5.69 Å². The van der Waals surface area contributed by atoms with Crippen LogP contribution in [0.5, 0.6) is 0 Å². The molecule has 2 aromatic heterocycles. The molecule has 11 heteroatoms. The molecule has 0 radical (unpaired) electrons. The normalized spacial score (nSPS) is 15.1. The number of nitrogens with one attached hydrogen (secondary N) is 2. The van der Waals surface area contributed by atoms with Gasteiger partial charge in [0.2, 0.25) is 10.0 Å². The van der Waals surface area contributed by atoms with Gasteiger partial charge in [0, 0.05) is 23.9 Å². The summed E-state index contributed by atoms with van der Waals surface area (Å²) in [6, 6.07) is 10.5. The lowest BCUT2D eigenvalue weighted by Gasteiger charge is -2.26. The number of rotatable bonds is 5. The number of aromatic nitrogens is 3. The SMILES string of the molecule is Cc1nc(C(=O)Nc2cc(-c3cccc(S(=O)(=O)N4CCOCC4)c3)cc3[nH]ncc23)cs1. The van der Waals surface area contributed by atoms with E-state index in [-0.39, 0.29) is 10.8 Å². The summed E-state index contributed by atoms with van der Waals surface area (Å²) in [6.07, 6.45) is 1.64. The van der Waals surface area contributed by atoms with Gasteiger partial charge in [-0.2, -0.15) is 9.40 Å². The molecule has 33 heavy (non-hydrogen) atoms. The van der Waals surface area contributed by atoms with E-state index in [1.54, 1.807) is 29.8 Å². The number of hydrogen-bond acceptors (Lipinski definition) is 7. The number of hydrogen-bond donors (Lipinski definition) is 2. The molecule has 0 spiro atoms. The predicted molar refractivity (Wildman–Crippen MR) is 126 cm³/mol. The van der Waals surface area contributed by atoms with Crippen molar-refractivity contribution in [1.29, 1.82) is 0 Å². The smallest absolute Gasteiger partial charge is 0.275 e. The molecule has 1 amide bonds. The van der Waals surface area contributed by atoms with Crippen LogP contribution < -0.4 is 5.32 Å². The van der Waals surface area contributed by atoms with E-state index in [0.29, 0.717) is 43.2 Å². The van der Waals surface area contributed by atoms with E-state index in [0.717, 1.165) is 21.5 Å². The highest BCUT2D eigenvalue weighted by atomic mass is 32.2. The van der Waals surface area contributed by atoms with Gasteiger partial charge in [-0.15, -0.1) is 11.3 Å². The molecule has 2 aromatic carbocycles. The lowest BCUT2D eigenvalue weighted by Crippen LogP contribution is -2.40. The van der Waals surface area contributed by atoms with Crippen LogP contribution in [0.15, 0.2) is 52.9 Å². The summed E-state index contributed by atoms with van der Waals surface area (Å²) in [5.41, 5.74) is 3.08. The Kier molecular flexibility index (Phi) is 5.71. The molecular formula is C22H21N5O4S2. The van der Waals surface area contributed by atoms with E-state index in [1.165, 1.54) is 15.6 Å². The third kappa shape index (κ3) is 4.27. The zero-order chi connectivity index (χ0) is 23.0. The number of anilines is 1. The number of benzene rings is 2. The summed E-state index contributed by atoms with van der Waals surface area (Å²) in [4.78, 5) is 17.2. The minimum atomic E-state index is -3.63. The van der Waals surface area contributed by atoms with Gasteiger partial charge in [-0.05, 0) is 42.3 Å². The molecule has 9 nitrogen and oxygen atoms in total. The second-order valence-electron chi connectivity index (χ2n) is 7.61. The summed E-state index contributed by atoms with van der Waals surface area (Å²) >= 11 is 1.40. The third-order valence-electron chi connectivity index (χ3n) is 5.43. The van der Waals surface area contributed by atoms with Gasteiger partial charge in [0.1, 0.15) is 5.69 Å². The highest BCUT2D eigenvalue weighted by Crippen LogP contribution is 2.32. The first-order valence-corrected chi connectivity index (χ1v) is 12.6. The number of aryl methyl sites for hydroxylation is 1. The maximum absolute atomic E-state index is 13.1. The second kappa shape index (κ2) is 8.67. The van der Waals surface area contributed by atoms with Gasteiger partial charge >= 0.3 is 0 Å². The Bertz CT molecular complexity index is 1440. The Morgan fingerprint density at radius 2 is 2.00 bits per heavy atom. The Balaban J connectivity index is 1.51. The summed E-state index contributed by atoms with van der Waals surface area (Å²) in [5.74, 6) is -0.317. The van der Waals surface area contributed by atoms with Gasteiger partial charge in [-0.1, -0.05) is 12.1 Å². The minimum absolute atomic E-state index is 0.218. The van der Waals surface area contributed by atoms with Crippen LogP contribution in [0.3, 0.4) is 0 Å². The average molecular weight is 484 g/mol. The van der Waals surface area contributed by atoms with E-state index >= 15 is 0 Å². The van der Waals surface area contributed by atoms with Crippen LogP contribution in [0.25, 0.3) is 22.0 Å². The molecule has 3 heterocycles. The quantitative estimate of drug-likeness (QED) is 0.450. The first kappa shape index (κ1) is 21.7. The molecule has 1 fully saturated rings. The van der Waals surface area contributed by atoms with Crippen molar-refractivity contribution in [2.24, 2.45) is 0 Å². The zero-order valence-electron chi connectivity index (χ0n) is 17.7. The molecule has 0 bridgehead atoms. The molecule has 0 aliphatic carbocycles. The molecule has 2 N–H and O–H groups in total. The topological polar surface area (TPSA) is 117 Å². The van der Waals surface area contributed by atoms with Gasteiger partial charge in [-0.25, -0.2) is 13.4 Å². The summed E-state index contributed by atoms with van der Waals surface area (Å²) in [7, 11) is -3.63. The van der Waals surface area contributed by atoms with E-state index < -0.39 is 10.0 Å². The number of H-pyrrole nitrogens is 1.